The van der Waals surface area contributed by atoms with E-state index < -0.39 is 59.5 Å². The maximum atomic E-state index is 13.2. The van der Waals surface area contributed by atoms with Gasteiger partial charge in [0.1, 0.15) is 16.7 Å². The fourth-order valence-electron chi connectivity index (χ4n) is 2.65. The second kappa shape index (κ2) is 7.73. The number of rotatable bonds is 6. The minimum atomic E-state index is -10.1. The Balaban J connectivity index is 2.98. The van der Waals surface area contributed by atoms with Crippen LogP contribution in [0.3, 0.4) is 0 Å². The number of hydrogen-bond donors (Lipinski definition) is 1. The third-order valence-corrected chi connectivity index (χ3v) is 5.80. The van der Waals surface area contributed by atoms with Gasteiger partial charge in [-0.05, 0) is 19.1 Å². The first-order valence-electron chi connectivity index (χ1n) is 8.53. The topological polar surface area (TPSA) is 104 Å². The van der Waals surface area contributed by atoms with Crippen LogP contribution in [-0.4, -0.2) is 53.3 Å². The minimum Gasteiger partial charge on any atom is -0.467 e. The van der Waals surface area contributed by atoms with E-state index in [1.165, 1.54) is 19.0 Å². The highest BCUT2D eigenvalue weighted by Gasteiger charge is 2.65. The molecule has 0 saturated heterocycles. The van der Waals surface area contributed by atoms with Gasteiger partial charge in [0, 0.05) is 14.1 Å². The summed E-state index contributed by atoms with van der Waals surface area (Å²) in [5, 5.41) is 22.3. The maximum Gasteiger partial charge on any atom is 0.342 e. The summed E-state index contributed by atoms with van der Waals surface area (Å²) in [5.41, 5.74) is -4.13. The van der Waals surface area contributed by atoms with Crippen LogP contribution in [0.1, 0.15) is 18.2 Å². The largest absolute Gasteiger partial charge is 0.467 e. The van der Waals surface area contributed by atoms with E-state index in [1.807, 2.05) is 0 Å². The van der Waals surface area contributed by atoms with Crippen LogP contribution in [0.2, 0.25) is 10.0 Å². The molecule has 2 rings (SSSR count). The molecule has 1 N–H and O–H groups in total. The van der Waals surface area contributed by atoms with Crippen molar-refractivity contribution in [2.75, 3.05) is 21.2 Å². The molecule has 1 unspecified atom stereocenters. The number of nitriles is 1. The summed E-state index contributed by atoms with van der Waals surface area (Å²) in [7, 11) is -6.10. The highest BCUT2D eigenvalue weighted by molar-refractivity contribution is 8.45. The molecule has 1 aromatic carbocycles. The van der Waals surface area contributed by atoms with Crippen molar-refractivity contribution in [1.29, 1.82) is 5.26 Å². The van der Waals surface area contributed by atoms with E-state index in [9.17, 15) is 34.6 Å². The molecule has 16 heteroatoms. The zero-order chi connectivity index (χ0) is 25.6. The van der Waals surface area contributed by atoms with E-state index in [1.54, 1.807) is 6.07 Å². The lowest BCUT2D eigenvalue weighted by Gasteiger charge is -2.40. The van der Waals surface area contributed by atoms with Gasteiger partial charge in [0.05, 0.1) is 29.1 Å². The average molecular weight is 536 g/mol. The number of carbonyl (C=O) groups is 1. The molecule has 0 spiro atoms. The molecule has 0 aliphatic rings. The third kappa shape index (κ3) is 5.32. The number of methoxy groups -OCH3 is 1. The Morgan fingerprint density at radius 3 is 2.21 bits per heavy atom. The van der Waals surface area contributed by atoms with Crippen LogP contribution in [0.5, 0.6) is 0 Å². The molecular weight excluding hydrogens is 520 g/mol. The smallest absolute Gasteiger partial charge is 0.342 e. The van der Waals surface area contributed by atoms with Gasteiger partial charge in [0.25, 0.3) is 0 Å². The van der Waals surface area contributed by atoms with Gasteiger partial charge in [-0.15, -0.1) is 0 Å². The van der Waals surface area contributed by atoms with Crippen LogP contribution >= 0.6 is 33.4 Å². The zero-order valence-electron chi connectivity index (χ0n) is 17.3. The van der Waals surface area contributed by atoms with Gasteiger partial charge in [-0.25, -0.2) is 14.5 Å². The molecular formula is C17H16Cl2F5N5O3S. The molecule has 0 bridgehead atoms. The van der Waals surface area contributed by atoms with Gasteiger partial charge >= 0.3 is 16.2 Å². The number of hydrogen-bond acceptors (Lipinski definition) is 6. The Labute approximate surface area is 194 Å². The Bertz CT molecular complexity index is 1180. The van der Waals surface area contributed by atoms with Crippen molar-refractivity contribution < 1.29 is 34.1 Å². The monoisotopic (exact) mass is 535 g/mol. The summed E-state index contributed by atoms with van der Waals surface area (Å²) in [4.78, 5) is 15.2. The van der Waals surface area contributed by atoms with Crippen molar-refractivity contribution in [3.63, 3.8) is 0 Å². The van der Waals surface area contributed by atoms with Crippen molar-refractivity contribution in [2.24, 2.45) is 4.99 Å². The minimum absolute atomic E-state index is 0.0460. The molecule has 0 fully saturated rings. The number of halogens is 7. The number of aliphatic hydroxyl groups is 1. The van der Waals surface area contributed by atoms with Gasteiger partial charge in [0.15, 0.2) is 17.1 Å². The van der Waals surface area contributed by atoms with Gasteiger partial charge in [-0.1, -0.05) is 42.6 Å². The Morgan fingerprint density at radius 1 is 1.30 bits per heavy atom. The van der Waals surface area contributed by atoms with Crippen LogP contribution in [0, 0.1) is 11.3 Å². The van der Waals surface area contributed by atoms with E-state index in [-0.39, 0.29) is 12.1 Å². The quantitative estimate of drug-likeness (QED) is 0.232. The molecule has 0 saturated carbocycles. The number of nitrogens with zero attached hydrogens (tertiary/aromatic N) is 5. The summed E-state index contributed by atoms with van der Waals surface area (Å²) in [6, 6.07) is 1.53. The molecule has 8 nitrogen and oxygen atoms in total. The normalized spacial score (nSPS) is 16.0. The van der Waals surface area contributed by atoms with Crippen LogP contribution in [0.4, 0.5) is 25.2 Å². The Morgan fingerprint density at radius 2 is 1.82 bits per heavy atom. The number of ether oxygens (including phenoxy) is 1. The number of benzene rings is 1. The molecule has 1 aromatic heterocycles. The second-order valence-electron chi connectivity index (χ2n) is 7.05. The molecule has 0 aliphatic carbocycles. The number of esters is 1. The zero-order valence-corrected chi connectivity index (χ0v) is 19.6. The number of carbonyl (C=O) groups excluding carboxylic acids is 1. The molecule has 1 atom stereocenters. The van der Waals surface area contributed by atoms with Crippen molar-refractivity contribution in [3.8, 4) is 11.8 Å². The van der Waals surface area contributed by atoms with Gasteiger partial charge in [-0.2, -0.15) is 10.4 Å². The lowest BCUT2D eigenvalue weighted by atomic mass is 9.95. The third-order valence-electron chi connectivity index (χ3n) is 4.10. The average Bonchev–Trinajstić information content (AvgIpc) is 3.02. The standard InChI is InChI=1S/C17H16Cl2F5N5O3S/c1-17(31,16(30)32-4)13-12(7-25)27-29(15(13)26-8-28(2)3)14-10(18)5-9(6-11(14)19)33(20,21,22,23)24/h5-6,8,31H,1-4H3/b26-8+. The lowest BCUT2D eigenvalue weighted by Crippen LogP contribution is -2.34. The summed E-state index contributed by atoms with van der Waals surface area (Å²) >= 11 is 11.8. The van der Waals surface area contributed by atoms with Crippen LogP contribution in [0.15, 0.2) is 22.0 Å². The molecule has 0 amide bonds. The van der Waals surface area contributed by atoms with E-state index in [4.69, 9.17) is 23.2 Å². The van der Waals surface area contributed by atoms with Crippen LogP contribution in [-0.2, 0) is 15.1 Å². The second-order valence-corrected chi connectivity index (χ2v) is 10.3. The highest BCUT2D eigenvalue weighted by Crippen LogP contribution is 3.02. The highest BCUT2D eigenvalue weighted by atomic mass is 35.5. The van der Waals surface area contributed by atoms with Gasteiger partial charge in [-0.3, -0.25) is 0 Å². The first-order valence-corrected chi connectivity index (χ1v) is 11.2. The van der Waals surface area contributed by atoms with Crippen molar-refractivity contribution in [2.45, 2.75) is 17.4 Å². The summed E-state index contributed by atoms with van der Waals surface area (Å²) in [5.74, 6) is -1.66. The first-order chi connectivity index (χ1) is 14.7. The van der Waals surface area contributed by atoms with E-state index in [0.717, 1.165) is 20.4 Å². The van der Waals surface area contributed by atoms with Crippen LogP contribution in [0.25, 0.3) is 5.69 Å². The SMILES string of the molecule is COC(=O)C(C)(O)c1c(C#N)nn(-c2c(Cl)cc(S(F)(F)(F)(F)F)cc2Cl)c1/N=C/N(C)C. The molecule has 182 valence electrons. The number of aliphatic imine (C=N–C) groups is 1. The van der Waals surface area contributed by atoms with E-state index in [2.05, 4.69) is 14.8 Å². The van der Waals surface area contributed by atoms with Crippen LogP contribution < -0.4 is 0 Å². The van der Waals surface area contributed by atoms with Gasteiger partial charge in [0.2, 0.25) is 0 Å². The predicted molar refractivity (Wildman–Crippen MR) is 113 cm³/mol. The van der Waals surface area contributed by atoms with Crippen molar-refractivity contribution in [3.05, 3.63) is 33.4 Å². The first kappa shape index (κ1) is 26.7. The summed E-state index contributed by atoms with van der Waals surface area (Å²) in [6.45, 7) is 0.968. The summed E-state index contributed by atoms with van der Waals surface area (Å²) < 4.78 is 71.4. The fraction of sp³-hybridized carbons (Fsp3) is 0.294. The molecule has 1 heterocycles. The van der Waals surface area contributed by atoms with E-state index >= 15 is 0 Å². The van der Waals surface area contributed by atoms with Crippen molar-refractivity contribution in [1.82, 2.24) is 14.7 Å². The summed E-state index contributed by atoms with van der Waals surface area (Å²) in [6.07, 6.45) is 1.15. The predicted octanol–water partition coefficient (Wildman–Crippen LogP) is 5.31. The number of aromatic nitrogens is 2. The Kier molecular flexibility index (Phi) is 6.24. The molecule has 2 aromatic rings. The van der Waals surface area contributed by atoms with E-state index in [0.29, 0.717) is 4.68 Å². The molecule has 33 heavy (non-hydrogen) atoms. The molecule has 0 aliphatic heterocycles. The van der Waals surface area contributed by atoms with Gasteiger partial charge < -0.3 is 14.7 Å². The van der Waals surface area contributed by atoms with Crippen molar-refractivity contribution >= 4 is 51.6 Å². The molecule has 0 radical (unpaired) electrons. The lowest BCUT2D eigenvalue weighted by molar-refractivity contribution is -0.161. The maximum absolute atomic E-state index is 13.2. The fourth-order valence-corrected chi connectivity index (χ4v) is 4.11. The Hall–Kier alpha value is -2.60.